The smallest absolute Gasteiger partial charge is 0.144 e. The number of benzene rings is 1. The molecule has 0 N–H and O–H groups in total. The summed E-state index contributed by atoms with van der Waals surface area (Å²) in [5.41, 5.74) is 3.73. The Labute approximate surface area is 161 Å². The first-order valence-electron chi connectivity index (χ1n) is 8.34. The highest BCUT2D eigenvalue weighted by atomic mass is 79.9. The number of aryl methyl sites for hydroxylation is 1. The van der Waals surface area contributed by atoms with E-state index in [0.29, 0.717) is 10.2 Å². The maximum atomic E-state index is 14.0. The van der Waals surface area contributed by atoms with Gasteiger partial charge in [0.1, 0.15) is 23.1 Å². The average Bonchev–Trinajstić information content (AvgIpc) is 2.62. The predicted octanol–water partition coefficient (Wildman–Crippen LogP) is 4.74. The summed E-state index contributed by atoms with van der Waals surface area (Å²) in [6.45, 7) is 3.42. The molecule has 0 spiro atoms. The van der Waals surface area contributed by atoms with Crippen LogP contribution in [0.5, 0.6) is 0 Å². The topological polar surface area (TPSA) is 39.9 Å². The minimum atomic E-state index is -0.491. The van der Waals surface area contributed by atoms with Gasteiger partial charge in [0.15, 0.2) is 0 Å². The van der Waals surface area contributed by atoms with Crippen molar-refractivity contribution in [3.05, 3.63) is 69.2 Å². The summed E-state index contributed by atoms with van der Waals surface area (Å²) >= 11 is 3.30. The summed E-state index contributed by atoms with van der Waals surface area (Å²) in [7, 11) is 0. The number of anilines is 1. The lowest BCUT2D eigenvalue weighted by molar-refractivity contribution is 0.618. The van der Waals surface area contributed by atoms with Crippen LogP contribution in [0.3, 0.4) is 0 Å². The van der Waals surface area contributed by atoms with Crippen LogP contribution in [-0.4, -0.2) is 18.1 Å². The fourth-order valence-corrected chi connectivity index (χ4v) is 3.34. The molecule has 3 nitrogen and oxygen atoms in total. The quantitative estimate of drug-likeness (QED) is 0.638. The molecule has 26 heavy (non-hydrogen) atoms. The standard InChI is InChI=1S/C21H17BrFN3/c1-15-4-2-6-18(25-15)7-3-5-16-8-10-26(11-9-16)21-13-17(22)12-20(23)19(21)14-24/h2,4-6,12-13H,8-11H2,1H3. The van der Waals surface area contributed by atoms with Gasteiger partial charge in [-0.1, -0.05) is 33.5 Å². The van der Waals surface area contributed by atoms with Crippen molar-refractivity contribution < 1.29 is 4.39 Å². The van der Waals surface area contributed by atoms with Gasteiger partial charge >= 0.3 is 0 Å². The molecule has 5 heteroatoms. The SMILES string of the molecule is Cc1cccc(C#CC=C2CCN(c3cc(Br)cc(F)c3C#N)CC2)n1. The third-order valence-corrected chi connectivity index (χ3v) is 4.72. The van der Waals surface area contributed by atoms with Crippen molar-refractivity contribution in [3.63, 3.8) is 0 Å². The van der Waals surface area contributed by atoms with E-state index in [0.717, 1.165) is 37.3 Å². The van der Waals surface area contributed by atoms with Crippen LogP contribution in [0.25, 0.3) is 0 Å². The summed E-state index contributed by atoms with van der Waals surface area (Å²) < 4.78 is 14.6. The molecular formula is C21H17BrFN3. The van der Waals surface area contributed by atoms with Crippen LogP contribution in [-0.2, 0) is 0 Å². The van der Waals surface area contributed by atoms with Gasteiger partial charge < -0.3 is 4.90 Å². The summed E-state index contributed by atoms with van der Waals surface area (Å²) in [6, 6.07) is 10.9. The first-order valence-corrected chi connectivity index (χ1v) is 9.13. The Kier molecular flexibility index (Phi) is 5.71. The van der Waals surface area contributed by atoms with E-state index in [1.54, 1.807) is 6.07 Å². The number of nitriles is 1. The molecule has 0 unspecified atom stereocenters. The Bertz CT molecular complexity index is 953. The molecule has 1 saturated heterocycles. The molecule has 1 fully saturated rings. The molecule has 1 aliphatic heterocycles. The molecule has 0 saturated carbocycles. The predicted molar refractivity (Wildman–Crippen MR) is 104 cm³/mol. The second-order valence-electron chi connectivity index (χ2n) is 6.12. The van der Waals surface area contributed by atoms with E-state index in [4.69, 9.17) is 0 Å². The van der Waals surface area contributed by atoms with Crippen molar-refractivity contribution in [1.29, 1.82) is 5.26 Å². The number of hydrogen-bond donors (Lipinski definition) is 0. The van der Waals surface area contributed by atoms with Gasteiger partial charge in [-0.2, -0.15) is 5.26 Å². The molecule has 0 aliphatic carbocycles. The Morgan fingerprint density at radius 1 is 1.27 bits per heavy atom. The maximum absolute atomic E-state index is 14.0. The molecule has 1 aromatic heterocycles. The van der Waals surface area contributed by atoms with E-state index < -0.39 is 5.82 Å². The van der Waals surface area contributed by atoms with Crippen LogP contribution in [0, 0.1) is 35.9 Å². The second kappa shape index (κ2) is 8.17. The van der Waals surface area contributed by atoms with E-state index in [1.165, 1.54) is 11.6 Å². The van der Waals surface area contributed by atoms with Gasteiger partial charge in [0.25, 0.3) is 0 Å². The molecule has 1 aliphatic rings. The molecule has 0 amide bonds. The average molecular weight is 410 g/mol. The van der Waals surface area contributed by atoms with E-state index in [2.05, 4.69) is 37.7 Å². The lowest BCUT2D eigenvalue weighted by Gasteiger charge is -2.31. The van der Waals surface area contributed by atoms with Crippen molar-refractivity contribution in [2.45, 2.75) is 19.8 Å². The Morgan fingerprint density at radius 2 is 2.04 bits per heavy atom. The maximum Gasteiger partial charge on any atom is 0.144 e. The Morgan fingerprint density at radius 3 is 2.73 bits per heavy atom. The normalized spacial score (nSPS) is 13.6. The van der Waals surface area contributed by atoms with Crippen LogP contribution < -0.4 is 4.90 Å². The zero-order valence-electron chi connectivity index (χ0n) is 14.4. The molecule has 0 atom stereocenters. The third kappa shape index (κ3) is 4.31. The lowest BCUT2D eigenvalue weighted by Crippen LogP contribution is -2.31. The number of nitrogens with zero attached hydrogens (tertiary/aromatic N) is 3. The van der Waals surface area contributed by atoms with Crippen LogP contribution >= 0.6 is 15.9 Å². The highest BCUT2D eigenvalue weighted by Crippen LogP contribution is 2.30. The zero-order chi connectivity index (χ0) is 18.5. The van der Waals surface area contributed by atoms with Gasteiger partial charge in [-0.05, 0) is 56.0 Å². The molecule has 3 rings (SSSR count). The number of piperidine rings is 1. The highest BCUT2D eigenvalue weighted by Gasteiger charge is 2.19. The third-order valence-electron chi connectivity index (χ3n) is 4.26. The Hall–Kier alpha value is -2.63. The van der Waals surface area contributed by atoms with Crippen molar-refractivity contribution in [2.24, 2.45) is 0 Å². The van der Waals surface area contributed by atoms with Gasteiger partial charge in [0, 0.05) is 23.3 Å². The summed E-state index contributed by atoms with van der Waals surface area (Å²) in [5, 5.41) is 9.25. The zero-order valence-corrected chi connectivity index (χ0v) is 16.0. The minimum absolute atomic E-state index is 0.103. The van der Waals surface area contributed by atoms with Crippen LogP contribution in [0.4, 0.5) is 10.1 Å². The van der Waals surface area contributed by atoms with Crippen LogP contribution in [0.15, 0.2) is 46.5 Å². The van der Waals surface area contributed by atoms with Gasteiger partial charge in [-0.3, -0.25) is 0 Å². The van der Waals surface area contributed by atoms with Gasteiger partial charge in [0.05, 0.1) is 5.69 Å². The van der Waals surface area contributed by atoms with Crippen molar-refractivity contribution >= 4 is 21.6 Å². The number of rotatable bonds is 1. The molecule has 2 heterocycles. The largest absolute Gasteiger partial charge is 0.370 e. The number of allylic oxidation sites excluding steroid dienone is 1. The van der Waals surface area contributed by atoms with Gasteiger partial charge in [-0.15, -0.1) is 0 Å². The van der Waals surface area contributed by atoms with Crippen molar-refractivity contribution in [2.75, 3.05) is 18.0 Å². The van der Waals surface area contributed by atoms with E-state index in [9.17, 15) is 9.65 Å². The monoisotopic (exact) mass is 409 g/mol. The van der Waals surface area contributed by atoms with E-state index in [1.807, 2.05) is 37.3 Å². The summed E-state index contributed by atoms with van der Waals surface area (Å²) in [4.78, 5) is 6.42. The number of hydrogen-bond acceptors (Lipinski definition) is 3. The second-order valence-corrected chi connectivity index (χ2v) is 7.03. The summed E-state index contributed by atoms with van der Waals surface area (Å²) in [5.74, 6) is 5.65. The van der Waals surface area contributed by atoms with Crippen LogP contribution in [0.2, 0.25) is 0 Å². The van der Waals surface area contributed by atoms with Crippen LogP contribution in [0.1, 0.15) is 29.8 Å². The minimum Gasteiger partial charge on any atom is -0.370 e. The first-order chi connectivity index (χ1) is 12.6. The van der Waals surface area contributed by atoms with Gasteiger partial charge in [0.2, 0.25) is 0 Å². The molecule has 130 valence electrons. The first kappa shape index (κ1) is 18.2. The molecular weight excluding hydrogens is 393 g/mol. The molecule has 0 bridgehead atoms. The van der Waals surface area contributed by atoms with E-state index in [-0.39, 0.29) is 5.56 Å². The highest BCUT2D eigenvalue weighted by molar-refractivity contribution is 9.10. The lowest BCUT2D eigenvalue weighted by atomic mass is 10.0. The van der Waals surface area contributed by atoms with Crippen molar-refractivity contribution in [3.8, 4) is 17.9 Å². The fourth-order valence-electron chi connectivity index (χ4n) is 2.92. The van der Waals surface area contributed by atoms with Crippen molar-refractivity contribution in [1.82, 2.24) is 4.98 Å². The summed E-state index contributed by atoms with van der Waals surface area (Å²) in [6.07, 6.45) is 3.64. The number of pyridine rings is 1. The Balaban J connectivity index is 1.70. The number of aromatic nitrogens is 1. The van der Waals surface area contributed by atoms with E-state index >= 15 is 0 Å². The molecule has 1 aromatic carbocycles. The fraction of sp³-hybridized carbons (Fsp3) is 0.238. The molecule has 2 aromatic rings. The molecule has 0 radical (unpaired) electrons. The van der Waals surface area contributed by atoms with Gasteiger partial charge in [-0.25, -0.2) is 9.37 Å². The number of halogens is 2.